The van der Waals surface area contributed by atoms with E-state index in [4.69, 9.17) is 4.74 Å². The number of fused-ring (bicyclic) bond motifs is 1. The van der Waals surface area contributed by atoms with Gasteiger partial charge in [0.05, 0.1) is 16.7 Å². The molecule has 0 radical (unpaired) electrons. The number of aromatic amines is 1. The van der Waals surface area contributed by atoms with Gasteiger partial charge >= 0.3 is 5.69 Å². The van der Waals surface area contributed by atoms with Crippen LogP contribution in [0.15, 0.2) is 78.0 Å². The minimum absolute atomic E-state index is 0.0953. The maximum Gasteiger partial charge on any atom is 0.312 e. The van der Waals surface area contributed by atoms with Crippen LogP contribution in [0.5, 0.6) is 11.5 Å². The number of carbonyl (C=O) groups excluding carboxylic acids is 1. The van der Waals surface area contributed by atoms with E-state index in [1.54, 1.807) is 30.5 Å². The highest BCUT2D eigenvalue weighted by Gasteiger charge is 2.50. The van der Waals surface area contributed by atoms with Crippen LogP contribution in [0.1, 0.15) is 124 Å². The van der Waals surface area contributed by atoms with Crippen molar-refractivity contribution < 1.29 is 22.9 Å². The standard InChI is InChI=1S/C49H57N9O6S/c1-31(2)38-7-4-5-8-39(38)42-9-6-20-57(42)36-26-49(27-36)17-21-56(22-18-49)35-14-15-40(44(24-35)64-37-23-34-16-19-51-46(34)53-30-37)48(59)55-65(62,63)45-25-43(58(60)61)47(54-41(45)28-50)52-29-33-12-10-32(3)11-13-33/h4-5,7-8,14-16,19,23-25,30-33,36,42H,6,9-13,17-18,20-22,26-27,29H2,1-3H3,(H,51,53)(H,52,54)(H,55,59)/t32-,33+,42-/m0/s1. The highest BCUT2D eigenvalue weighted by atomic mass is 32.2. The molecule has 65 heavy (non-hydrogen) atoms. The average Bonchev–Trinajstić information content (AvgIpc) is 3.98. The van der Waals surface area contributed by atoms with E-state index in [1.807, 2.05) is 10.8 Å². The van der Waals surface area contributed by atoms with Crippen LogP contribution in [-0.2, 0) is 10.0 Å². The Morgan fingerprint density at radius 3 is 2.55 bits per heavy atom. The average molecular weight is 900 g/mol. The molecule has 2 saturated carbocycles. The molecule has 3 N–H and O–H groups in total. The topological polar surface area (TPSA) is 199 Å². The Labute approximate surface area is 380 Å². The van der Waals surface area contributed by atoms with Crippen LogP contribution in [0.3, 0.4) is 0 Å². The monoisotopic (exact) mass is 899 g/mol. The largest absolute Gasteiger partial charge is 0.455 e. The number of hydrogen-bond acceptors (Lipinski definition) is 12. The van der Waals surface area contributed by atoms with E-state index in [2.05, 4.69) is 75.1 Å². The first-order chi connectivity index (χ1) is 31.3. The summed E-state index contributed by atoms with van der Waals surface area (Å²) < 4.78 is 36.2. The normalized spacial score (nSPS) is 21.3. The lowest BCUT2D eigenvalue weighted by Gasteiger charge is -2.56. The SMILES string of the molecule is CC(C)c1ccccc1[C@@H]1CCCN1C1CC2(CCN(c3ccc(C(=O)NS(=O)(=O)c4cc([N+](=O)[O-])c(NC[C@H]5CC[C@@H](C)CC5)nc4C#N)c(Oc4cnc5[nH]ccc5c4)c3)CC2)C1. The third-order valence-corrected chi connectivity index (χ3v) is 15.9. The zero-order chi connectivity index (χ0) is 45.5. The smallest absolute Gasteiger partial charge is 0.312 e. The molecule has 4 aliphatic rings. The molecule has 2 aromatic carbocycles. The van der Waals surface area contributed by atoms with Gasteiger partial charge in [-0.25, -0.2) is 23.1 Å². The molecule has 1 atom stereocenters. The maximum atomic E-state index is 14.1. The summed E-state index contributed by atoms with van der Waals surface area (Å²) in [4.78, 5) is 41.4. The van der Waals surface area contributed by atoms with Gasteiger partial charge < -0.3 is 19.9 Å². The van der Waals surface area contributed by atoms with E-state index in [1.165, 1.54) is 49.1 Å². The minimum atomic E-state index is -4.85. The lowest BCUT2D eigenvalue weighted by molar-refractivity contribution is -0.384. The van der Waals surface area contributed by atoms with E-state index in [9.17, 15) is 28.6 Å². The number of anilines is 2. The molecule has 1 spiro atoms. The van der Waals surface area contributed by atoms with E-state index < -0.39 is 37.1 Å². The van der Waals surface area contributed by atoms with Gasteiger partial charge in [-0.3, -0.25) is 19.8 Å². The number of amides is 1. The van der Waals surface area contributed by atoms with Crippen molar-refractivity contribution in [2.45, 2.75) is 108 Å². The van der Waals surface area contributed by atoms with Crippen LogP contribution >= 0.6 is 0 Å². The fraction of sp³-hybridized carbons (Fsp3) is 0.469. The molecular weight excluding hydrogens is 843 g/mol. The highest BCUT2D eigenvalue weighted by Crippen LogP contribution is 2.54. The van der Waals surface area contributed by atoms with Gasteiger partial charge in [-0.05, 0) is 116 Å². The van der Waals surface area contributed by atoms with Crippen molar-refractivity contribution in [3.05, 3.63) is 106 Å². The molecule has 340 valence electrons. The lowest BCUT2D eigenvalue weighted by atomic mass is 9.59. The number of nitrogens with one attached hydrogen (secondary N) is 3. The number of H-pyrrole nitrogens is 1. The summed E-state index contributed by atoms with van der Waals surface area (Å²) in [7, 11) is -4.85. The number of nitrogens with zero attached hydrogens (tertiary/aromatic N) is 6. The van der Waals surface area contributed by atoms with Crippen LogP contribution in [0.4, 0.5) is 17.2 Å². The third-order valence-electron chi connectivity index (χ3n) is 14.6. The molecule has 0 unspecified atom stereocenters. The van der Waals surface area contributed by atoms with Gasteiger partial charge in [-0.1, -0.05) is 57.9 Å². The molecule has 2 aliphatic carbocycles. The van der Waals surface area contributed by atoms with E-state index >= 15 is 0 Å². The highest BCUT2D eigenvalue weighted by molar-refractivity contribution is 7.90. The van der Waals surface area contributed by atoms with Crippen molar-refractivity contribution in [2.75, 3.05) is 36.4 Å². The molecule has 1 amide bonds. The van der Waals surface area contributed by atoms with Crippen molar-refractivity contribution >= 4 is 44.2 Å². The van der Waals surface area contributed by atoms with Crippen LogP contribution in [0, 0.1) is 38.7 Å². The number of nitro groups is 1. The summed E-state index contributed by atoms with van der Waals surface area (Å²) in [6.45, 7) is 9.92. The first-order valence-corrected chi connectivity index (χ1v) is 24.5. The van der Waals surface area contributed by atoms with E-state index in [0.717, 1.165) is 75.3 Å². The van der Waals surface area contributed by atoms with E-state index in [0.29, 0.717) is 41.9 Å². The van der Waals surface area contributed by atoms with Crippen molar-refractivity contribution in [1.29, 1.82) is 5.26 Å². The van der Waals surface area contributed by atoms with Gasteiger partial charge in [0, 0.05) is 61.1 Å². The third kappa shape index (κ3) is 9.13. The van der Waals surface area contributed by atoms with E-state index in [-0.39, 0.29) is 28.5 Å². The molecule has 9 rings (SSSR count). The number of likely N-dealkylation sites (tertiary alicyclic amines) is 1. The second-order valence-corrected chi connectivity index (χ2v) is 20.8. The Morgan fingerprint density at radius 2 is 1.82 bits per heavy atom. The van der Waals surface area contributed by atoms with Gasteiger partial charge in [0.25, 0.3) is 15.9 Å². The van der Waals surface area contributed by atoms with Gasteiger partial charge in [-0.2, -0.15) is 5.26 Å². The summed E-state index contributed by atoms with van der Waals surface area (Å²) >= 11 is 0. The van der Waals surface area contributed by atoms with Crippen molar-refractivity contribution in [2.24, 2.45) is 17.3 Å². The molecule has 0 bridgehead atoms. The number of nitriles is 1. The number of pyridine rings is 2. The predicted molar refractivity (Wildman–Crippen MR) is 249 cm³/mol. The summed E-state index contributed by atoms with van der Waals surface area (Å²) in [5, 5.41) is 26.0. The Kier molecular flexibility index (Phi) is 12.3. The van der Waals surface area contributed by atoms with Crippen LogP contribution < -0.4 is 19.7 Å². The number of rotatable bonds is 13. The second-order valence-electron chi connectivity index (χ2n) is 19.1. The number of benzene rings is 2. The second kappa shape index (κ2) is 18.1. The Hall–Kier alpha value is -6.05. The molecular formula is C49H57N9O6S. The van der Waals surface area contributed by atoms with Gasteiger partial charge in [-0.15, -0.1) is 0 Å². The minimum Gasteiger partial charge on any atom is -0.455 e. The molecule has 5 aromatic rings. The summed E-state index contributed by atoms with van der Waals surface area (Å²) in [5.41, 5.74) is 3.41. The molecule has 16 heteroatoms. The summed E-state index contributed by atoms with van der Waals surface area (Å²) in [5.74, 6) is 0.552. The van der Waals surface area contributed by atoms with Crippen molar-refractivity contribution in [3.8, 4) is 17.6 Å². The Balaban J connectivity index is 0.922. The number of hydrogen-bond donors (Lipinski definition) is 3. The fourth-order valence-electron chi connectivity index (χ4n) is 10.8. The first kappa shape index (κ1) is 44.2. The number of aromatic nitrogens is 3. The number of sulfonamides is 1. The zero-order valence-corrected chi connectivity index (χ0v) is 38.1. The number of piperidine rings is 1. The molecule has 3 aromatic heterocycles. The first-order valence-electron chi connectivity index (χ1n) is 23.0. The quantitative estimate of drug-likeness (QED) is 0.0748. The number of ether oxygens (including phenoxy) is 1. The maximum absolute atomic E-state index is 14.1. The van der Waals surface area contributed by atoms with Crippen LogP contribution in [-0.4, -0.2) is 71.3 Å². The van der Waals surface area contributed by atoms with Gasteiger partial charge in [0.15, 0.2) is 5.69 Å². The van der Waals surface area contributed by atoms with Gasteiger partial charge in [0.2, 0.25) is 5.82 Å². The molecule has 2 saturated heterocycles. The summed E-state index contributed by atoms with van der Waals surface area (Å²) in [6, 6.07) is 21.2. The molecule has 4 fully saturated rings. The van der Waals surface area contributed by atoms with Crippen LogP contribution in [0.2, 0.25) is 0 Å². The van der Waals surface area contributed by atoms with Gasteiger partial charge in [0.1, 0.15) is 28.1 Å². The molecule has 5 heterocycles. The van der Waals surface area contributed by atoms with Crippen molar-refractivity contribution in [1.82, 2.24) is 24.6 Å². The molecule has 15 nitrogen and oxygen atoms in total. The zero-order valence-electron chi connectivity index (χ0n) is 37.3. The van der Waals surface area contributed by atoms with Crippen LogP contribution in [0.25, 0.3) is 11.0 Å². The Morgan fingerprint density at radius 1 is 1.05 bits per heavy atom. The lowest BCUT2D eigenvalue weighted by Crippen LogP contribution is -2.54. The Bertz CT molecular complexity index is 2740. The van der Waals surface area contributed by atoms with Crippen molar-refractivity contribution in [3.63, 3.8) is 0 Å². The summed E-state index contributed by atoms with van der Waals surface area (Å²) in [6.07, 6.45) is 14.1. The number of carbonyl (C=O) groups is 1. The predicted octanol–water partition coefficient (Wildman–Crippen LogP) is 9.60. The fourth-order valence-corrected chi connectivity index (χ4v) is 11.9. The molecule has 2 aliphatic heterocycles.